The van der Waals surface area contributed by atoms with Crippen LogP contribution < -0.4 is 0 Å². The summed E-state index contributed by atoms with van der Waals surface area (Å²) in [5, 5.41) is 17.1. The molecule has 0 atom stereocenters. The maximum Gasteiger partial charge on any atom is 0.211 e. The third-order valence-electron chi connectivity index (χ3n) is 11.3. The van der Waals surface area contributed by atoms with E-state index < -0.39 is 0 Å². The minimum atomic E-state index is 0. The summed E-state index contributed by atoms with van der Waals surface area (Å²) in [4.78, 5) is 0. The standard InChI is InChI=1S/C41H62N2.2C7H8O.Ni/c1-5-9-13-15-17-20-22-34-26-30-36(31-27-34)40-38(24-12-8-4)39(25-19-11-7-3)41(43(40)42)37-32-28-35(29-33-37)23-21-18-16-14-10-6-2;2*8-6-7-4-2-1-3-5-7;/h26-33H,5-25H2,1-4H3;2*1-5,8H,6H2;. The van der Waals surface area contributed by atoms with Gasteiger partial charge in [0.25, 0.3) is 0 Å². The molecular weight excluding hydrogens is 779 g/mol. The second kappa shape index (κ2) is 33.1. The fraction of sp³-hybridized carbons (Fsp3) is 0.491. The van der Waals surface area contributed by atoms with Crippen molar-refractivity contribution in [2.24, 2.45) is 0 Å². The zero-order valence-corrected chi connectivity index (χ0v) is 38.7. The maximum atomic E-state index is 11.9. The average Bonchev–Trinajstić information content (AvgIpc) is 3.56. The van der Waals surface area contributed by atoms with Crippen LogP contribution in [-0.4, -0.2) is 14.9 Å². The van der Waals surface area contributed by atoms with Crippen LogP contribution in [0, 0.1) is 0 Å². The molecule has 4 aromatic rings. The minimum absolute atomic E-state index is 0. The number of benzene rings is 4. The van der Waals surface area contributed by atoms with Crippen LogP contribution in [0.5, 0.6) is 0 Å². The van der Waals surface area contributed by atoms with Crippen molar-refractivity contribution < 1.29 is 31.4 Å². The largest absolute Gasteiger partial charge is 0.493 e. The molecule has 2 N–H and O–H groups in total. The summed E-state index contributed by atoms with van der Waals surface area (Å²) in [6.45, 7) is 9.39. The Morgan fingerprint density at radius 3 is 1.03 bits per heavy atom. The first-order valence-electron chi connectivity index (χ1n) is 23.4. The molecule has 1 aliphatic heterocycles. The average molecular weight is 858 g/mol. The summed E-state index contributed by atoms with van der Waals surface area (Å²) in [6, 6.07) is 37.3. The van der Waals surface area contributed by atoms with E-state index in [-0.39, 0.29) is 29.7 Å². The number of nitrogens with zero attached hydrogens (tertiary/aromatic N) is 2. The minimum Gasteiger partial charge on any atom is -0.493 e. The van der Waals surface area contributed by atoms with Crippen molar-refractivity contribution >= 4 is 11.4 Å². The van der Waals surface area contributed by atoms with E-state index in [1.54, 1.807) is 4.70 Å². The van der Waals surface area contributed by atoms with Gasteiger partial charge in [-0.05, 0) is 97.9 Å². The van der Waals surface area contributed by atoms with Gasteiger partial charge in [-0.25, -0.2) is 4.70 Å². The predicted octanol–water partition coefficient (Wildman–Crippen LogP) is 15.8. The predicted molar refractivity (Wildman–Crippen MR) is 253 cm³/mol. The topological polar surface area (TPSA) is 65.8 Å². The summed E-state index contributed by atoms with van der Waals surface area (Å²) in [7, 11) is 0. The van der Waals surface area contributed by atoms with Crippen LogP contribution in [-0.2, 0) is 42.5 Å². The van der Waals surface area contributed by atoms with E-state index in [2.05, 4.69) is 76.2 Å². The molecular formula is C55H78N2NiO2. The Kier molecular flexibility index (Phi) is 28.9. The molecule has 1 heterocycles. The molecule has 5 heteroatoms. The number of hydrogen-bond donors (Lipinski definition) is 2. The monoisotopic (exact) mass is 857 g/mol. The van der Waals surface area contributed by atoms with Crippen molar-refractivity contribution in [1.29, 1.82) is 0 Å². The molecule has 0 bridgehead atoms. The molecule has 0 amide bonds. The Bertz CT molecular complexity index is 1710. The molecule has 5 rings (SSSR count). The normalized spacial score (nSPS) is 12.1. The van der Waals surface area contributed by atoms with Crippen LogP contribution in [0.25, 0.3) is 16.9 Å². The summed E-state index contributed by atoms with van der Waals surface area (Å²) < 4.78 is 1.55. The molecule has 60 heavy (non-hydrogen) atoms. The molecule has 0 saturated heterocycles. The Morgan fingerprint density at radius 2 is 0.683 bits per heavy atom. The number of aliphatic hydroxyl groups excluding tert-OH is 2. The van der Waals surface area contributed by atoms with Gasteiger partial charge < -0.3 is 15.7 Å². The Morgan fingerprint density at radius 1 is 0.367 bits per heavy atom. The SMILES string of the molecule is CCCCCCCCc1ccc(C2=C(CCCC)C(CCCCC)=C(c3ccc(CCCCCCCC)cc3)[N+]2=[N-])cc1.OCc1ccccc1.OCc1ccccc1.[Ni]. The molecule has 0 aromatic heterocycles. The van der Waals surface area contributed by atoms with E-state index in [1.165, 1.54) is 119 Å². The fourth-order valence-corrected chi connectivity index (χ4v) is 7.73. The van der Waals surface area contributed by atoms with E-state index in [1.807, 2.05) is 60.7 Å². The van der Waals surface area contributed by atoms with E-state index in [0.717, 1.165) is 72.2 Å². The van der Waals surface area contributed by atoms with Gasteiger partial charge in [-0.15, -0.1) is 0 Å². The third-order valence-corrected chi connectivity index (χ3v) is 11.3. The van der Waals surface area contributed by atoms with Crippen LogP contribution >= 0.6 is 0 Å². The smallest absolute Gasteiger partial charge is 0.211 e. The molecule has 330 valence electrons. The molecule has 0 unspecified atom stereocenters. The summed E-state index contributed by atoms with van der Waals surface area (Å²) >= 11 is 0. The maximum absolute atomic E-state index is 11.9. The van der Waals surface area contributed by atoms with Crippen molar-refractivity contribution in [3.05, 3.63) is 159 Å². The first-order valence-corrected chi connectivity index (χ1v) is 23.4. The van der Waals surface area contributed by atoms with Crippen molar-refractivity contribution in [3.8, 4) is 0 Å². The van der Waals surface area contributed by atoms with Gasteiger partial charge in [-0.1, -0.05) is 196 Å². The van der Waals surface area contributed by atoms with Crippen LogP contribution in [0.3, 0.4) is 0 Å². The number of aliphatic hydroxyl groups is 2. The van der Waals surface area contributed by atoms with Crippen molar-refractivity contribution in [2.45, 2.75) is 176 Å². The Hall–Kier alpha value is -3.63. The second-order valence-electron chi connectivity index (χ2n) is 16.2. The molecule has 0 aliphatic carbocycles. The van der Waals surface area contributed by atoms with Gasteiger partial charge in [0.1, 0.15) is 0 Å². The van der Waals surface area contributed by atoms with Crippen LogP contribution in [0.4, 0.5) is 0 Å². The van der Waals surface area contributed by atoms with E-state index in [4.69, 9.17) is 10.2 Å². The summed E-state index contributed by atoms with van der Waals surface area (Å²) in [5.41, 5.74) is 23.7. The number of aryl methyl sites for hydroxylation is 2. The molecule has 4 nitrogen and oxygen atoms in total. The van der Waals surface area contributed by atoms with Crippen molar-refractivity contribution in [3.63, 3.8) is 0 Å². The van der Waals surface area contributed by atoms with Crippen molar-refractivity contribution in [1.82, 2.24) is 0 Å². The zero-order valence-electron chi connectivity index (χ0n) is 37.8. The van der Waals surface area contributed by atoms with Crippen molar-refractivity contribution in [2.75, 3.05) is 0 Å². The Labute approximate surface area is 376 Å². The van der Waals surface area contributed by atoms with Gasteiger partial charge in [0, 0.05) is 38.8 Å². The molecule has 0 spiro atoms. The number of rotatable bonds is 25. The Balaban J connectivity index is 0.000000601. The summed E-state index contributed by atoms with van der Waals surface area (Å²) in [6.07, 6.45) is 26.2. The molecule has 0 fully saturated rings. The van der Waals surface area contributed by atoms with Crippen LogP contribution in [0.15, 0.2) is 120 Å². The molecule has 0 saturated carbocycles. The number of hydrogen-bond acceptors (Lipinski definition) is 2. The second-order valence-corrected chi connectivity index (χ2v) is 16.2. The first-order chi connectivity index (χ1) is 29.0. The van der Waals surface area contributed by atoms with Gasteiger partial charge in [0.15, 0.2) is 0 Å². The molecule has 1 aliphatic rings. The fourth-order valence-electron chi connectivity index (χ4n) is 7.73. The van der Waals surface area contributed by atoms with Gasteiger partial charge >= 0.3 is 0 Å². The van der Waals surface area contributed by atoms with E-state index in [9.17, 15) is 5.53 Å². The van der Waals surface area contributed by atoms with E-state index in [0.29, 0.717) is 0 Å². The van der Waals surface area contributed by atoms with Gasteiger partial charge in [0.2, 0.25) is 11.4 Å². The molecule has 4 aromatic carbocycles. The van der Waals surface area contributed by atoms with E-state index >= 15 is 0 Å². The van der Waals surface area contributed by atoms with Gasteiger partial charge in [-0.2, -0.15) is 0 Å². The number of unbranched alkanes of at least 4 members (excludes halogenated alkanes) is 13. The number of allylic oxidation sites excluding steroid dienone is 2. The van der Waals surface area contributed by atoms with Crippen LogP contribution in [0.2, 0.25) is 0 Å². The van der Waals surface area contributed by atoms with Gasteiger partial charge in [-0.3, -0.25) is 0 Å². The van der Waals surface area contributed by atoms with Crippen LogP contribution in [0.1, 0.15) is 183 Å². The first kappa shape index (κ1) is 52.5. The zero-order chi connectivity index (χ0) is 42.3. The van der Waals surface area contributed by atoms with Gasteiger partial charge in [0.05, 0.1) is 13.2 Å². The third kappa shape index (κ3) is 19.4. The summed E-state index contributed by atoms with van der Waals surface area (Å²) in [5.74, 6) is 0. The molecule has 0 radical (unpaired) electrons. The quantitative estimate of drug-likeness (QED) is 0.0396.